The SMILES string of the molecule is CC1C=C(O)C(O)=C(O)C1. The highest BCUT2D eigenvalue weighted by molar-refractivity contribution is 5.25. The lowest BCUT2D eigenvalue weighted by Gasteiger charge is -2.13. The Balaban J connectivity index is 2.90. The van der Waals surface area contributed by atoms with Crippen LogP contribution in [0.3, 0.4) is 0 Å². The Kier molecular flexibility index (Phi) is 1.57. The first kappa shape index (κ1) is 6.99. The average Bonchev–Trinajstić information content (AvgIpc) is 1.82. The molecule has 1 aliphatic rings. The predicted octanol–water partition coefficient (Wildman–Crippen LogP) is 1.80. The first-order valence-electron chi connectivity index (χ1n) is 3.13. The Morgan fingerprint density at radius 1 is 1.40 bits per heavy atom. The molecular weight excluding hydrogens is 132 g/mol. The zero-order valence-corrected chi connectivity index (χ0v) is 5.70. The number of hydrogen-bond donors (Lipinski definition) is 3. The van der Waals surface area contributed by atoms with E-state index in [1.807, 2.05) is 6.92 Å². The molecule has 0 fully saturated rings. The second-order valence-electron chi connectivity index (χ2n) is 2.53. The van der Waals surface area contributed by atoms with Gasteiger partial charge in [0.05, 0.1) is 0 Å². The Morgan fingerprint density at radius 2 is 2.00 bits per heavy atom. The van der Waals surface area contributed by atoms with Gasteiger partial charge in [-0.05, 0) is 12.0 Å². The van der Waals surface area contributed by atoms with Crippen molar-refractivity contribution in [1.29, 1.82) is 0 Å². The second-order valence-corrected chi connectivity index (χ2v) is 2.53. The maximum atomic E-state index is 8.95. The number of rotatable bonds is 0. The Morgan fingerprint density at radius 3 is 2.50 bits per heavy atom. The van der Waals surface area contributed by atoms with E-state index in [-0.39, 0.29) is 17.4 Å². The third kappa shape index (κ3) is 1.07. The van der Waals surface area contributed by atoms with Gasteiger partial charge >= 0.3 is 0 Å². The van der Waals surface area contributed by atoms with Crippen LogP contribution in [-0.4, -0.2) is 15.3 Å². The highest BCUT2D eigenvalue weighted by Gasteiger charge is 2.17. The van der Waals surface area contributed by atoms with Crippen LogP contribution in [0, 0.1) is 5.92 Å². The predicted molar refractivity (Wildman–Crippen MR) is 36.8 cm³/mol. The van der Waals surface area contributed by atoms with Crippen LogP contribution in [-0.2, 0) is 0 Å². The molecule has 3 nitrogen and oxygen atoms in total. The molecule has 0 saturated carbocycles. The van der Waals surface area contributed by atoms with Gasteiger partial charge in [-0.15, -0.1) is 0 Å². The van der Waals surface area contributed by atoms with Gasteiger partial charge in [0.1, 0.15) is 5.76 Å². The maximum Gasteiger partial charge on any atom is 0.195 e. The van der Waals surface area contributed by atoms with Crippen molar-refractivity contribution in [2.45, 2.75) is 13.3 Å². The Labute approximate surface area is 58.9 Å². The zero-order chi connectivity index (χ0) is 7.72. The summed E-state index contributed by atoms with van der Waals surface area (Å²) in [5.74, 6) is -0.655. The molecule has 56 valence electrons. The van der Waals surface area contributed by atoms with Gasteiger partial charge in [-0.25, -0.2) is 0 Å². The number of allylic oxidation sites excluding steroid dienone is 2. The first-order valence-corrected chi connectivity index (χ1v) is 3.13. The molecule has 0 aliphatic heterocycles. The van der Waals surface area contributed by atoms with Crippen LogP contribution in [0.4, 0.5) is 0 Å². The van der Waals surface area contributed by atoms with E-state index in [1.54, 1.807) is 0 Å². The molecule has 0 bridgehead atoms. The van der Waals surface area contributed by atoms with E-state index in [0.29, 0.717) is 6.42 Å². The van der Waals surface area contributed by atoms with Crippen LogP contribution in [0.1, 0.15) is 13.3 Å². The number of hydrogen-bond acceptors (Lipinski definition) is 3. The van der Waals surface area contributed by atoms with Crippen molar-refractivity contribution in [2.24, 2.45) is 5.92 Å². The normalized spacial score (nSPS) is 26.5. The molecular formula is C7H10O3. The van der Waals surface area contributed by atoms with E-state index in [9.17, 15) is 0 Å². The highest BCUT2D eigenvalue weighted by atomic mass is 16.3. The van der Waals surface area contributed by atoms with Crippen LogP contribution in [0.2, 0.25) is 0 Å². The third-order valence-electron chi connectivity index (χ3n) is 1.47. The largest absolute Gasteiger partial charge is 0.508 e. The van der Waals surface area contributed by atoms with E-state index < -0.39 is 5.76 Å². The zero-order valence-electron chi connectivity index (χ0n) is 5.70. The van der Waals surface area contributed by atoms with E-state index in [1.165, 1.54) is 6.08 Å². The molecule has 1 atom stereocenters. The molecule has 1 rings (SSSR count). The molecule has 0 aromatic carbocycles. The minimum Gasteiger partial charge on any atom is -0.508 e. The summed E-state index contributed by atoms with van der Waals surface area (Å²) in [7, 11) is 0. The molecule has 1 unspecified atom stereocenters. The number of aliphatic hydroxyl groups is 3. The Hall–Kier alpha value is -1.12. The molecule has 0 heterocycles. The third-order valence-corrected chi connectivity index (χ3v) is 1.47. The van der Waals surface area contributed by atoms with Gasteiger partial charge in [-0.2, -0.15) is 0 Å². The van der Waals surface area contributed by atoms with Gasteiger partial charge in [-0.1, -0.05) is 6.92 Å². The Bertz CT molecular complexity index is 203. The highest BCUT2D eigenvalue weighted by Crippen LogP contribution is 2.23. The van der Waals surface area contributed by atoms with Crippen LogP contribution >= 0.6 is 0 Å². The van der Waals surface area contributed by atoms with E-state index in [2.05, 4.69) is 0 Å². The van der Waals surface area contributed by atoms with Crippen molar-refractivity contribution >= 4 is 0 Å². The summed E-state index contributed by atoms with van der Waals surface area (Å²) >= 11 is 0. The molecule has 0 amide bonds. The van der Waals surface area contributed by atoms with Crippen molar-refractivity contribution in [3.05, 3.63) is 23.4 Å². The molecule has 0 saturated heterocycles. The molecule has 1 aliphatic carbocycles. The van der Waals surface area contributed by atoms with E-state index in [4.69, 9.17) is 15.3 Å². The summed E-state index contributed by atoms with van der Waals surface area (Å²) in [4.78, 5) is 0. The molecule has 0 aromatic rings. The molecule has 3 heteroatoms. The average molecular weight is 142 g/mol. The second kappa shape index (κ2) is 2.25. The molecule has 3 N–H and O–H groups in total. The standard InChI is InChI=1S/C7H10O3/c1-4-2-5(8)7(10)6(9)3-4/h2,4,8-10H,3H2,1H3. The van der Waals surface area contributed by atoms with Gasteiger partial charge in [0.2, 0.25) is 0 Å². The minimum absolute atomic E-state index is 0.0934. The summed E-state index contributed by atoms with van der Waals surface area (Å²) in [6, 6.07) is 0. The monoisotopic (exact) mass is 142 g/mol. The lowest BCUT2D eigenvalue weighted by Crippen LogP contribution is -2.06. The van der Waals surface area contributed by atoms with Gasteiger partial charge in [0.15, 0.2) is 11.5 Å². The van der Waals surface area contributed by atoms with Crippen LogP contribution < -0.4 is 0 Å². The van der Waals surface area contributed by atoms with Gasteiger partial charge in [0, 0.05) is 6.42 Å². The number of aliphatic hydroxyl groups excluding tert-OH is 3. The smallest absolute Gasteiger partial charge is 0.195 e. The topological polar surface area (TPSA) is 60.7 Å². The van der Waals surface area contributed by atoms with E-state index in [0.717, 1.165) is 0 Å². The van der Waals surface area contributed by atoms with Gasteiger partial charge in [-0.3, -0.25) is 0 Å². The van der Waals surface area contributed by atoms with Crippen molar-refractivity contribution < 1.29 is 15.3 Å². The fourth-order valence-corrected chi connectivity index (χ4v) is 0.957. The summed E-state index contributed by atoms with van der Waals surface area (Å²) < 4.78 is 0. The lowest BCUT2D eigenvalue weighted by molar-refractivity contribution is 0.256. The summed E-state index contributed by atoms with van der Waals surface area (Å²) in [5.41, 5.74) is 0. The molecule has 0 aromatic heterocycles. The molecule has 0 radical (unpaired) electrons. The van der Waals surface area contributed by atoms with Crippen molar-refractivity contribution in [1.82, 2.24) is 0 Å². The molecule has 0 spiro atoms. The maximum absolute atomic E-state index is 8.95. The molecule has 10 heavy (non-hydrogen) atoms. The lowest BCUT2D eigenvalue weighted by atomic mass is 10.00. The minimum atomic E-state index is -0.391. The van der Waals surface area contributed by atoms with Crippen LogP contribution in [0.15, 0.2) is 23.4 Å². The fraction of sp³-hybridized carbons (Fsp3) is 0.429. The summed E-state index contributed by atoms with van der Waals surface area (Å²) in [6.07, 6.45) is 1.91. The quantitative estimate of drug-likeness (QED) is 0.483. The van der Waals surface area contributed by atoms with Gasteiger partial charge < -0.3 is 15.3 Å². The summed E-state index contributed by atoms with van der Waals surface area (Å²) in [6.45, 7) is 1.85. The van der Waals surface area contributed by atoms with Crippen molar-refractivity contribution in [3.8, 4) is 0 Å². The van der Waals surface area contributed by atoms with Crippen LogP contribution in [0.25, 0.3) is 0 Å². The van der Waals surface area contributed by atoms with E-state index >= 15 is 0 Å². The first-order chi connectivity index (χ1) is 4.61. The van der Waals surface area contributed by atoms with Gasteiger partial charge in [0.25, 0.3) is 0 Å². The van der Waals surface area contributed by atoms with Crippen LogP contribution in [0.5, 0.6) is 0 Å². The van der Waals surface area contributed by atoms with Crippen molar-refractivity contribution in [2.75, 3.05) is 0 Å². The fourth-order valence-electron chi connectivity index (χ4n) is 0.957. The summed E-state index contributed by atoms with van der Waals surface area (Å²) in [5, 5.41) is 26.7. The van der Waals surface area contributed by atoms with Crippen molar-refractivity contribution in [3.63, 3.8) is 0 Å².